The molecule has 1 aromatic carbocycles. The number of imidazole rings is 1. The van der Waals surface area contributed by atoms with Gasteiger partial charge in [-0.1, -0.05) is 51.9 Å². The second-order valence-electron chi connectivity index (χ2n) is 9.62. The summed E-state index contributed by atoms with van der Waals surface area (Å²) in [5.74, 6) is 1.08. The lowest BCUT2D eigenvalue weighted by Gasteiger charge is -2.31. The lowest BCUT2D eigenvalue weighted by Crippen LogP contribution is -2.34. The molecule has 2 saturated carbocycles. The van der Waals surface area contributed by atoms with E-state index in [4.69, 9.17) is 9.40 Å². The number of fused-ring (bicyclic) bond motifs is 1. The highest BCUT2D eigenvalue weighted by atomic mass is 16.3. The molecule has 166 valence electrons. The van der Waals surface area contributed by atoms with Crippen molar-refractivity contribution in [3.05, 3.63) is 36.8 Å². The van der Waals surface area contributed by atoms with Crippen molar-refractivity contribution in [1.82, 2.24) is 9.55 Å². The summed E-state index contributed by atoms with van der Waals surface area (Å²) in [4.78, 5) is 7.87. The van der Waals surface area contributed by atoms with Gasteiger partial charge in [0.15, 0.2) is 0 Å². The molecule has 2 heterocycles. The van der Waals surface area contributed by atoms with Crippen LogP contribution < -0.4 is 4.90 Å². The molecular formula is C27H37N3O. The van der Waals surface area contributed by atoms with Crippen LogP contribution in [-0.2, 0) is 0 Å². The second kappa shape index (κ2) is 9.50. The van der Waals surface area contributed by atoms with E-state index < -0.39 is 0 Å². The molecular weight excluding hydrogens is 382 g/mol. The van der Waals surface area contributed by atoms with Crippen LogP contribution in [0.1, 0.15) is 90.0 Å². The largest absolute Gasteiger partial charge is 0.472 e. The van der Waals surface area contributed by atoms with Crippen LogP contribution in [0.3, 0.4) is 0 Å². The van der Waals surface area contributed by atoms with Gasteiger partial charge in [0.25, 0.3) is 0 Å². The van der Waals surface area contributed by atoms with Crippen molar-refractivity contribution in [2.24, 2.45) is 0 Å². The van der Waals surface area contributed by atoms with E-state index in [9.17, 15) is 0 Å². The van der Waals surface area contributed by atoms with Gasteiger partial charge < -0.3 is 13.9 Å². The van der Waals surface area contributed by atoms with Crippen LogP contribution in [0.2, 0.25) is 0 Å². The summed E-state index contributed by atoms with van der Waals surface area (Å²) >= 11 is 0. The van der Waals surface area contributed by atoms with Gasteiger partial charge in [-0.3, -0.25) is 0 Å². The molecule has 0 radical (unpaired) electrons. The predicted octanol–water partition coefficient (Wildman–Crippen LogP) is 7.74. The van der Waals surface area contributed by atoms with Crippen LogP contribution in [-0.4, -0.2) is 22.1 Å². The first kappa shape index (κ1) is 20.7. The van der Waals surface area contributed by atoms with Gasteiger partial charge in [0.1, 0.15) is 12.1 Å². The average molecular weight is 420 g/mol. The van der Waals surface area contributed by atoms with Crippen LogP contribution in [0.15, 0.2) is 41.2 Å². The smallest absolute Gasteiger partial charge is 0.144 e. The fraction of sp³-hybridized carbons (Fsp3) is 0.593. The van der Waals surface area contributed by atoms with Crippen molar-refractivity contribution in [3.63, 3.8) is 0 Å². The van der Waals surface area contributed by atoms with Crippen LogP contribution in [0.5, 0.6) is 0 Å². The molecule has 0 aliphatic heterocycles. The summed E-state index contributed by atoms with van der Waals surface area (Å²) in [6.07, 6.45) is 19.4. The number of anilines is 1. The van der Waals surface area contributed by atoms with Crippen LogP contribution in [0.25, 0.3) is 22.4 Å². The van der Waals surface area contributed by atoms with Gasteiger partial charge in [0.2, 0.25) is 0 Å². The van der Waals surface area contributed by atoms with Gasteiger partial charge in [-0.25, -0.2) is 4.98 Å². The fourth-order valence-corrected chi connectivity index (χ4v) is 5.84. The van der Waals surface area contributed by atoms with Crippen LogP contribution in [0, 0.1) is 0 Å². The van der Waals surface area contributed by atoms with Gasteiger partial charge in [0.05, 0.1) is 22.9 Å². The zero-order valence-corrected chi connectivity index (χ0v) is 19.1. The van der Waals surface area contributed by atoms with Gasteiger partial charge >= 0.3 is 0 Å². The number of aromatic nitrogens is 2. The fourth-order valence-electron chi connectivity index (χ4n) is 5.84. The third-order valence-electron chi connectivity index (χ3n) is 7.49. The van der Waals surface area contributed by atoms with E-state index in [1.807, 2.05) is 6.26 Å². The molecule has 2 aromatic heterocycles. The SMILES string of the molecule is CCCCCN(c1ccc2c(c1)nc(-c1ccoc1)n2C1CCCCC1)C1CCCC1. The Bertz CT molecular complexity index is 962. The minimum atomic E-state index is 0.546. The van der Waals surface area contributed by atoms with E-state index in [2.05, 4.69) is 40.7 Å². The molecule has 0 spiro atoms. The zero-order valence-electron chi connectivity index (χ0n) is 19.1. The number of rotatable bonds is 8. The first-order valence-electron chi connectivity index (χ1n) is 12.7. The first-order chi connectivity index (χ1) is 15.3. The summed E-state index contributed by atoms with van der Waals surface area (Å²) in [7, 11) is 0. The van der Waals surface area contributed by atoms with E-state index in [1.165, 1.54) is 94.8 Å². The quantitative estimate of drug-likeness (QED) is 0.350. The third-order valence-corrected chi connectivity index (χ3v) is 7.49. The lowest BCUT2D eigenvalue weighted by molar-refractivity contribution is 0.362. The van der Waals surface area contributed by atoms with Crippen molar-refractivity contribution in [2.75, 3.05) is 11.4 Å². The molecule has 2 aliphatic rings. The summed E-state index contributed by atoms with van der Waals surface area (Å²) in [6.45, 7) is 3.46. The third kappa shape index (κ3) is 4.26. The molecule has 2 aliphatic carbocycles. The predicted molar refractivity (Wildman–Crippen MR) is 129 cm³/mol. The highest BCUT2D eigenvalue weighted by Gasteiger charge is 2.26. The Morgan fingerprint density at radius 1 is 1.00 bits per heavy atom. The van der Waals surface area contributed by atoms with E-state index in [-0.39, 0.29) is 0 Å². The van der Waals surface area contributed by atoms with Crippen molar-refractivity contribution in [3.8, 4) is 11.4 Å². The minimum Gasteiger partial charge on any atom is -0.472 e. The number of hydrogen-bond acceptors (Lipinski definition) is 3. The maximum absolute atomic E-state index is 5.43. The monoisotopic (exact) mass is 419 g/mol. The Labute approximate surface area is 186 Å². The summed E-state index contributed by atoms with van der Waals surface area (Å²) in [5.41, 5.74) is 4.88. The van der Waals surface area contributed by atoms with Crippen LogP contribution >= 0.6 is 0 Å². The average Bonchev–Trinajstić information content (AvgIpc) is 3.57. The molecule has 2 fully saturated rings. The number of unbranched alkanes of at least 4 members (excludes halogenated alkanes) is 2. The minimum absolute atomic E-state index is 0.546. The molecule has 0 atom stereocenters. The number of benzene rings is 1. The molecule has 0 amide bonds. The van der Waals surface area contributed by atoms with E-state index in [0.717, 1.165) is 16.9 Å². The summed E-state index contributed by atoms with van der Waals surface area (Å²) in [5, 5.41) is 0. The molecule has 0 N–H and O–H groups in total. The summed E-state index contributed by atoms with van der Waals surface area (Å²) < 4.78 is 7.94. The molecule has 0 saturated heterocycles. The maximum atomic E-state index is 5.43. The highest BCUT2D eigenvalue weighted by Crippen LogP contribution is 2.38. The molecule has 4 heteroatoms. The Kier molecular flexibility index (Phi) is 6.33. The molecule has 0 bridgehead atoms. The first-order valence-corrected chi connectivity index (χ1v) is 12.7. The van der Waals surface area contributed by atoms with Gasteiger partial charge in [-0.2, -0.15) is 0 Å². The van der Waals surface area contributed by atoms with Crippen molar-refractivity contribution < 1.29 is 4.42 Å². The lowest BCUT2D eigenvalue weighted by atomic mass is 9.95. The van der Waals surface area contributed by atoms with E-state index in [1.54, 1.807) is 6.26 Å². The molecule has 3 aromatic rings. The molecule has 31 heavy (non-hydrogen) atoms. The van der Waals surface area contributed by atoms with E-state index >= 15 is 0 Å². The topological polar surface area (TPSA) is 34.2 Å². The highest BCUT2D eigenvalue weighted by molar-refractivity contribution is 5.84. The van der Waals surface area contributed by atoms with Gasteiger partial charge in [-0.15, -0.1) is 0 Å². The van der Waals surface area contributed by atoms with Crippen molar-refractivity contribution >= 4 is 16.7 Å². The zero-order chi connectivity index (χ0) is 21.0. The van der Waals surface area contributed by atoms with Gasteiger partial charge in [-0.05, 0) is 56.4 Å². The Hall–Kier alpha value is -2.23. The Morgan fingerprint density at radius 2 is 1.81 bits per heavy atom. The Morgan fingerprint density at radius 3 is 2.55 bits per heavy atom. The Balaban J connectivity index is 1.54. The van der Waals surface area contributed by atoms with Crippen LogP contribution in [0.4, 0.5) is 5.69 Å². The standard InChI is InChI=1S/C27H37N3O/c1-2-3-9-17-29(22-10-7-8-11-22)24-14-15-26-25(19-24)28-27(21-16-18-31-20-21)30(26)23-12-5-4-6-13-23/h14-16,18-20,22-23H,2-13,17H2,1H3. The van der Waals surface area contributed by atoms with Crippen molar-refractivity contribution in [2.45, 2.75) is 96.1 Å². The molecule has 4 nitrogen and oxygen atoms in total. The number of furan rings is 1. The number of hydrogen-bond donors (Lipinski definition) is 0. The maximum Gasteiger partial charge on any atom is 0.144 e. The van der Waals surface area contributed by atoms with E-state index in [0.29, 0.717) is 12.1 Å². The molecule has 5 rings (SSSR count). The van der Waals surface area contributed by atoms with Gasteiger partial charge in [0, 0.05) is 24.3 Å². The summed E-state index contributed by atoms with van der Waals surface area (Å²) in [6, 6.07) is 10.4. The number of nitrogens with zero attached hydrogens (tertiary/aromatic N) is 3. The van der Waals surface area contributed by atoms with Crippen molar-refractivity contribution in [1.29, 1.82) is 0 Å². The molecule has 0 unspecified atom stereocenters. The normalized spacial score (nSPS) is 18.2. The second-order valence-corrected chi connectivity index (χ2v) is 9.62.